The van der Waals surface area contributed by atoms with Crippen molar-refractivity contribution in [3.05, 3.63) is 48.4 Å². The third-order valence-electron chi connectivity index (χ3n) is 1.54. The van der Waals surface area contributed by atoms with E-state index in [9.17, 15) is 0 Å². The Morgan fingerprint density at radius 2 is 2.50 bits per heavy atom. The minimum Gasteiger partial charge on any atom is -0.344 e. The van der Waals surface area contributed by atoms with Crippen molar-refractivity contribution in [2.24, 2.45) is 0 Å². The van der Waals surface area contributed by atoms with Gasteiger partial charge in [0.2, 0.25) is 0 Å². The van der Waals surface area contributed by atoms with Crippen molar-refractivity contribution in [2.75, 3.05) is 6.54 Å². The average Bonchev–Trinajstić information content (AvgIpc) is 2.05. The molecule has 0 aromatic carbocycles. The van der Waals surface area contributed by atoms with Gasteiger partial charge in [0.25, 0.3) is 0 Å². The number of allylic oxidation sites excluding steroid dienone is 5. The zero-order valence-corrected chi connectivity index (χ0v) is 5.54. The molecule has 0 atom stereocenters. The molecule has 0 aromatic heterocycles. The molecule has 2 aliphatic rings. The summed E-state index contributed by atoms with van der Waals surface area (Å²) in [5.74, 6) is 0. The molecule has 0 fully saturated rings. The molecule has 0 N–H and O–H groups in total. The van der Waals surface area contributed by atoms with Crippen LogP contribution >= 0.6 is 0 Å². The summed E-state index contributed by atoms with van der Waals surface area (Å²) in [4.78, 5) is 2.12. The first-order valence-electron chi connectivity index (χ1n) is 3.28. The molecule has 0 aliphatic carbocycles. The molecule has 0 unspecified atom stereocenters. The zero-order chi connectivity index (χ0) is 6.81. The van der Waals surface area contributed by atoms with E-state index in [1.165, 1.54) is 0 Å². The standard InChI is InChI=1S/C9H7N/c1-3-7-10-8-4-2-6-9(10)5-1/h1,3-5,8H,7H2. The summed E-state index contributed by atoms with van der Waals surface area (Å²) in [6, 6.07) is 0. The smallest absolute Gasteiger partial charge is 0.0495 e. The first kappa shape index (κ1) is 5.54. The minimum absolute atomic E-state index is 0.955. The predicted octanol–water partition coefficient (Wildman–Crippen LogP) is 1.43. The summed E-state index contributed by atoms with van der Waals surface area (Å²) < 4.78 is 0. The van der Waals surface area contributed by atoms with E-state index >= 15 is 0 Å². The molecule has 48 valence electrons. The highest BCUT2D eigenvalue weighted by atomic mass is 15.1. The Morgan fingerprint density at radius 1 is 1.50 bits per heavy atom. The number of rotatable bonds is 0. The van der Waals surface area contributed by atoms with E-state index in [-0.39, 0.29) is 0 Å². The molecule has 2 heterocycles. The van der Waals surface area contributed by atoms with Gasteiger partial charge < -0.3 is 4.90 Å². The molecule has 0 bridgehead atoms. The fraction of sp³-hybridized carbons (Fsp3) is 0.111. The van der Waals surface area contributed by atoms with Crippen molar-refractivity contribution in [3.8, 4) is 0 Å². The van der Waals surface area contributed by atoms with E-state index in [1.807, 2.05) is 24.4 Å². The fourth-order valence-corrected chi connectivity index (χ4v) is 1.03. The summed E-state index contributed by atoms with van der Waals surface area (Å²) in [5, 5.41) is 0. The fourth-order valence-electron chi connectivity index (χ4n) is 1.03. The lowest BCUT2D eigenvalue weighted by molar-refractivity contribution is 0.518. The lowest BCUT2D eigenvalue weighted by Gasteiger charge is -2.23. The average molecular weight is 129 g/mol. The van der Waals surface area contributed by atoms with Gasteiger partial charge in [0.1, 0.15) is 0 Å². The molecule has 0 saturated carbocycles. The Kier molecular flexibility index (Phi) is 1.21. The lowest BCUT2D eigenvalue weighted by Crippen LogP contribution is -2.19. The van der Waals surface area contributed by atoms with Crippen molar-refractivity contribution in [1.82, 2.24) is 4.90 Å². The SMILES string of the molecule is [C]1=[C]C2=CC=CCN2C=C1. The molecule has 0 amide bonds. The first-order chi connectivity index (χ1) is 4.97. The Labute approximate surface area is 60.6 Å². The van der Waals surface area contributed by atoms with Crippen molar-refractivity contribution in [2.45, 2.75) is 0 Å². The third kappa shape index (κ3) is 0.798. The van der Waals surface area contributed by atoms with Gasteiger partial charge in [0.15, 0.2) is 0 Å². The molecule has 1 heteroatoms. The van der Waals surface area contributed by atoms with E-state index in [0.29, 0.717) is 0 Å². The maximum Gasteiger partial charge on any atom is 0.0495 e. The lowest BCUT2D eigenvalue weighted by atomic mass is 10.2. The van der Waals surface area contributed by atoms with Crippen LogP contribution in [0.25, 0.3) is 0 Å². The topological polar surface area (TPSA) is 3.24 Å². The quantitative estimate of drug-likeness (QED) is 0.478. The highest BCUT2D eigenvalue weighted by molar-refractivity contribution is 5.27. The van der Waals surface area contributed by atoms with Gasteiger partial charge in [-0.3, -0.25) is 0 Å². The van der Waals surface area contributed by atoms with Crippen LogP contribution < -0.4 is 0 Å². The van der Waals surface area contributed by atoms with E-state index in [0.717, 1.165) is 12.2 Å². The van der Waals surface area contributed by atoms with E-state index in [1.54, 1.807) is 0 Å². The minimum atomic E-state index is 0.955. The molecule has 2 radical (unpaired) electrons. The molecule has 0 spiro atoms. The highest BCUT2D eigenvalue weighted by Gasteiger charge is 2.06. The van der Waals surface area contributed by atoms with Crippen LogP contribution in [-0.2, 0) is 0 Å². The van der Waals surface area contributed by atoms with Crippen LogP contribution in [0.3, 0.4) is 0 Å². The molecule has 0 aromatic rings. The van der Waals surface area contributed by atoms with Crippen LogP contribution in [0.15, 0.2) is 36.2 Å². The van der Waals surface area contributed by atoms with E-state index in [2.05, 4.69) is 23.1 Å². The summed E-state index contributed by atoms with van der Waals surface area (Å²) in [6.07, 6.45) is 16.0. The number of nitrogens with zero attached hydrogens (tertiary/aromatic N) is 1. The van der Waals surface area contributed by atoms with Crippen molar-refractivity contribution >= 4 is 0 Å². The van der Waals surface area contributed by atoms with E-state index in [4.69, 9.17) is 0 Å². The molecule has 0 saturated heterocycles. The Balaban J connectivity index is 2.34. The molecular weight excluding hydrogens is 122 g/mol. The number of hydrogen-bond acceptors (Lipinski definition) is 1. The maximum atomic E-state index is 3.02. The van der Waals surface area contributed by atoms with Gasteiger partial charge in [-0.1, -0.05) is 12.2 Å². The Morgan fingerprint density at radius 3 is 3.40 bits per heavy atom. The second kappa shape index (κ2) is 2.18. The molecular formula is C9H7N. The van der Waals surface area contributed by atoms with E-state index < -0.39 is 0 Å². The largest absolute Gasteiger partial charge is 0.344 e. The molecule has 10 heavy (non-hydrogen) atoms. The Bertz CT molecular complexity index is 243. The van der Waals surface area contributed by atoms with Crippen LogP contribution in [0, 0.1) is 12.2 Å². The van der Waals surface area contributed by atoms with Gasteiger partial charge in [-0.25, -0.2) is 0 Å². The normalized spacial score (nSPS) is 20.8. The van der Waals surface area contributed by atoms with Gasteiger partial charge in [0.05, 0.1) is 0 Å². The van der Waals surface area contributed by atoms with Crippen LogP contribution in [0.1, 0.15) is 0 Å². The van der Waals surface area contributed by atoms with Gasteiger partial charge in [0, 0.05) is 24.5 Å². The van der Waals surface area contributed by atoms with Crippen LogP contribution in [0.2, 0.25) is 0 Å². The number of hydrogen-bond donors (Lipinski definition) is 0. The van der Waals surface area contributed by atoms with Gasteiger partial charge in [-0.05, 0) is 18.2 Å². The molecule has 2 rings (SSSR count). The van der Waals surface area contributed by atoms with Crippen molar-refractivity contribution in [3.63, 3.8) is 0 Å². The van der Waals surface area contributed by atoms with Crippen LogP contribution in [0.4, 0.5) is 0 Å². The van der Waals surface area contributed by atoms with Gasteiger partial charge >= 0.3 is 0 Å². The first-order valence-corrected chi connectivity index (χ1v) is 3.28. The highest BCUT2D eigenvalue weighted by Crippen LogP contribution is 2.13. The molecule has 1 nitrogen and oxygen atoms in total. The monoisotopic (exact) mass is 129 g/mol. The summed E-state index contributed by atoms with van der Waals surface area (Å²) in [5.41, 5.74) is 1.10. The van der Waals surface area contributed by atoms with Crippen molar-refractivity contribution < 1.29 is 0 Å². The maximum absolute atomic E-state index is 3.02. The van der Waals surface area contributed by atoms with Crippen molar-refractivity contribution in [1.29, 1.82) is 0 Å². The predicted molar refractivity (Wildman–Crippen MR) is 39.6 cm³/mol. The van der Waals surface area contributed by atoms with Gasteiger partial charge in [-0.2, -0.15) is 0 Å². The zero-order valence-electron chi connectivity index (χ0n) is 5.54. The second-order valence-electron chi connectivity index (χ2n) is 2.22. The Hall–Kier alpha value is -1.24. The number of fused-ring (bicyclic) bond motifs is 1. The van der Waals surface area contributed by atoms with Crippen LogP contribution in [-0.4, -0.2) is 11.4 Å². The summed E-state index contributed by atoms with van der Waals surface area (Å²) in [7, 11) is 0. The molecule has 2 aliphatic heterocycles. The van der Waals surface area contributed by atoms with Gasteiger partial charge in [-0.15, -0.1) is 0 Å². The second-order valence-corrected chi connectivity index (χ2v) is 2.22. The third-order valence-corrected chi connectivity index (χ3v) is 1.54. The van der Waals surface area contributed by atoms with Crippen LogP contribution in [0.5, 0.6) is 0 Å². The summed E-state index contributed by atoms with van der Waals surface area (Å²) >= 11 is 0. The summed E-state index contributed by atoms with van der Waals surface area (Å²) in [6.45, 7) is 0.955.